The first kappa shape index (κ1) is 22.5. The second kappa shape index (κ2) is 9.34. The fraction of sp³-hybridized carbons (Fsp3) is 0.600. The van der Waals surface area contributed by atoms with E-state index in [1.54, 1.807) is 6.08 Å². The summed E-state index contributed by atoms with van der Waals surface area (Å²) in [4.78, 5) is 25.4. The van der Waals surface area contributed by atoms with Crippen molar-refractivity contribution in [1.29, 1.82) is 0 Å². The Morgan fingerprint density at radius 1 is 1.17 bits per heavy atom. The van der Waals surface area contributed by atoms with Crippen LogP contribution in [0, 0.1) is 29.1 Å². The molecule has 0 bridgehead atoms. The molecule has 0 aliphatic heterocycles. The summed E-state index contributed by atoms with van der Waals surface area (Å²) in [5, 5.41) is 10.7. The fourth-order valence-electron chi connectivity index (χ4n) is 5.53. The van der Waals surface area contributed by atoms with Gasteiger partial charge in [-0.15, -0.1) is 0 Å². The highest BCUT2D eigenvalue weighted by Gasteiger charge is 2.58. The number of rotatable bonds is 5. The maximum atomic E-state index is 12.8. The lowest BCUT2D eigenvalue weighted by Crippen LogP contribution is -2.58. The molecule has 1 N–H and O–H groups in total. The number of methoxy groups -OCH3 is 1. The number of fused-ring (bicyclic) bond motifs is 1. The molecule has 2 aliphatic rings. The predicted octanol–water partition coefficient (Wildman–Crippen LogP) is 4.24. The first-order chi connectivity index (χ1) is 14.3. The highest BCUT2D eigenvalue weighted by atomic mass is 16.5. The molecule has 0 heterocycles. The zero-order chi connectivity index (χ0) is 21.9. The van der Waals surface area contributed by atoms with E-state index in [4.69, 9.17) is 9.47 Å². The Balaban J connectivity index is 1.90. The van der Waals surface area contributed by atoms with E-state index in [0.717, 1.165) is 24.8 Å². The van der Waals surface area contributed by atoms with Gasteiger partial charge in [-0.1, -0.05) is 51.1 Å². The lowest BCUT2D eigenvalue weighted by atomic mass is 9.52. The van der Waals surface area contributed by atoms with Gasteiger partial charge in [0.25, 0.3) is 0 Å². The summed E-state index contributed by atoms with van der Waals surface area (Å²) < 4.78 is 11.1. The highest BCUT2D eigenvalue weighted by molar-refractivity contribution is 5.87. The molecule has 0 amide bonds. The van der Waals surface area contributed by atoms with Crippen LogP contribution in [0.1, 0.15) is 52.0 Å². The summed E-state index contributed by atoms with van der Waals surface area (Å²) in [5.41, 5.74) is 0.751. The molecule has 164 valence electrons. The van der Waals surface area contributed by atoms with Crippen molar-refractivity contribution in [3.8, 4) is 0 Å². The van der Waals surface area contributed by atoms with Crippen LogP contribution >= 0.6 is 0 Å². The van der Waals surface area contributed by atoms with E-state index >= 15 is 0 Å². The smallest absolute Gasteiger partial charge is 0.331 e. The number of aliphatic hydroxyl groups is 1. The summed E-state index contributed by atoms with van der Waals surface area (Å²) in [6, 6.07) is 9.59. The Labute approximate surface area is 179 Å². The van der Waals surface area contributed by atoms with Gasteiger partial charge in [0.15, 0.2) is 0 Å². The van der Waals surface area contributed by atoms with Gasteiger partial charge in [0, 0.05) is 12.0 Å². The average Bonchev–Trinajstić information content (AvgIpc) is 2.73. The Bertz CT molecular complexity index is 771. The fourth-order valence-corrected chi connectivity index (χ4v) is 5.53. The Hall–Kier alpha value is -2.14. The van der Waals surface area contributed by atoms with Gasteiger partial charge in [-0.2, -0.15) is 0 Å². The molecule has 30 heavy (non-hydrogen) atoms. The van der Waals surface area contributed by atoms with Crippen LogP contribution in [0.15, 0.2) is 36.4 Å². The predicted molar refractivity (Wildman–Crippen MR) is 115 cm³/mol. The number of hydrogen-bond acceptors (Lipinski definition) is 5. The van der Waals surface area contributed by atoms with Gasteiger partial charge in [-0.25, -0.2) is 4.79 Å². The molecular formula is C25H34O5. The van der Waals surface area contributed by atoms with E-state index in [2.05, 4.69) is 20.8 Å². The van der Waals surface area contributed by atoms with E-state index in [1.165, 1.54) is 13.2 Å². The van der Waals surface area contributed by atoms with E-state index in [-0.39, 0.29) is 17.3 Å². The third-order valence-corrected chi connectivity index (χ3v) is 7.24. The van der Waals surface area contributed by atoms with Gasteiger partial charge < -0.3 is 14.6 Å². The van der Waals surface area contributed by atoms with Crippen LogP contribution in [0.3, 0.4) is 0 Å². The zero-order valence-corrected chi connectivity index (χ0v) is 18.4. The van der Waals surface area contributed by atoms with Crippen molar-refractivity contribution in [2.45, 2.75) is 58.7 Å². The second-order valence-electron chi connectivity index (χ2n) is 9.43. The molecule has 3 rings (SSSR count). The third-order valence-electron chi connectivity index (χ3n) is 7.24. The molecule has 0 spiro atoms. The van der Waals surface area contributed by atoms with Crippen molar-refractivity contribution in [2.24, 2.45) is 29.1 Å². The number of esters is 2. The summed E-state index contributed by atoms with van der Waals surface area (Å²) in [7, 11) is 1.35. The molecule has 2 aliphatic carbocycles. The van der Waals surface area contributed by atoms with Gasteiger partial charge >= 0.3 is 11.9 Å². The van der Waals surface area contributed by atoms with E-state index in [9.17, 15) is 14.7 Å². The number of hydrogen-bond donors (Lipinski definition) is 1. The maximum absolute atomic E-state index is 12.8. The van der Waals surface area contributed by atoms with Gasteiger partial charge in [-0.3, -0.25) is 4.79 Å². The minimum Gasteiger partial charge on any atom is -0.469 e. The van der Waals surface area contributed by atoms with Crippen molar-refractivity contribution in [3.63, 3.8) is 0 Å². The number of benzene rings is 1. The molecule has 2 fully saturated rings. The standard InChI is InChI=1S/C25H34O5/c1-16(2)18-12-14-25(3)15-13-19(26)21(24(28)29-4)22(25)23(18)30-20(27)11-10-17-8-6-5-7-9-17/h5-11,16,18-19,21-23,26H,12-15H2,1-4H3. The second-order valence-corrected chi connectivity index (χ2v) is 9.43. The van der Waals surface area contributed by atoms with Crippen molar-refractivity contribution in [1.82, 2.24) is 0 Å². The summed E-state index contributed by atoms with van der Waals surface area (Å²) in [6.45, 7) is 6.41. The first-order valence-corrected chi connectivity index (χ1v) is 11.0. The van der Waals surface area contributed by atoms with Gasteiger partial charge in [0.2, 0.25) is 0 Å². The molecule has 0 saturated heterocycles. The highest BCUT2D eigenvalue weighted by Crippen LogP contribution is 2.56. The van der Waals surface area contributed by atoms with Crippen molar-refractivity contribution in [2.75, 3.05) is 7.11 Å². The van der Waals surface area contributed by atoms with Crippen LogP contribution < -0.4 is 0 Å². The van der Waals surface area contributed by atoms with E-state index in [1.807, 2.05) is 30.3 Å². The summed E-state index contributed by atoms with van der Waals surface area (Å²) in [5.74, 6) is -1.33. The molecule has 5 heteroatoms. The molecule has 0 aromatic heterocycles. The minimum atomic E-state index is -0.775. The average molecular weight is 415 g/mol. The molecule has 5 nitrogen and oxygen atoms in total. The Kier molecular flexibility index (Phi) is 7.02. The van der Waals surface area contributed by atoms with Crippen molar-refractivity contribution >= 4 is 18.0 Å². The number of ether oxygens (including phenoxy) is 2. The normalized spacial score (nSPS) is 33.9. The topological polar surface area (TPSA) is 72.8 Å². The minimum absolute atomic E-state index is 0.134. The first-order valence-electron chi connectivity index (χ1n) is 11.0. The largest absolute Gasteiger partial charge is 0.469 e. The summed E-state index contributed by atoms with van der Waals surface area (Å²) >= 11 is 0. The van der Waals surface area contributed by atoms with Crippen molar-refractivity contribution < 1.29 is 24.2 Å². The van der Waals surface area contributed by atoms with Crippen LogP contribution in [-0.2, 0) is 19.1 Å². The van der Waals surface area contributed by atoms with Crippen molar-refractivity contribution in [3.05, 3.63) is 42.0 Å². The van der Waals surface area contributed by atoms with Crippen LogP contribution in [0.2, 0.25) is 0 Å². The molecule has 1 aromatic carbocycles. The molecule has 2 saturated carbocycles. The van der Waals surface area contributed by atoms with Crippen LogP contribution in [-0.4, -0.2) is 36.4 Å². The third kappa shape index (κ3) is 4.61. The van der Waals surface area contributed by atoms with Gasteiger partial charge in [0.05, 0.1) is 19.1 Å². The Morgan fingerprint density at radius 3 is 2.47 bits per heavy atom. The van der Waals surface area contributed by atoms with E-state index < -0.39 is 30.1 Å². The number of aliphatic hydroxyl groups excluding tert-OH is 1. The lowest BCUT2D eigenvalue weighted by Gasteiger charge is -2.55. The summed E-state index contributed by atoms with van der Waals surface area (Å²) in [6.07, 6.45) is 5.24. The molecule has 6 atom stereocenters. The van der Waals surface area contributed by atoms with Crippen LogP contribution in [0.4, 0.5) is 0 Å². The number of carbonyl (C=O) groups is 2. The van der Waals surface area contributed by atoms with Crippen LogP contribution in [0.25, 0.3) is 6.08 Å². The quantitative estimate of drug-likeness (QED) is 0.576. The monoisotopic (exact) mass is 414 g/mol. The zero-order valence-electron chi connectivity index (χ0n) is 18.4. The maximum Gasteiger partial charge on any atom is 0.331 e. The van der Waals surface area contributed by atoms with Crippen LogP contribution in [0.5, 0.6) is 0 Å². The van der Waals surface area contributed by atoms with Gasteiger partial charge in [0.1, 0.15) is 6.10 Å². The molecule has 6 unspecified atom stereocenters. The lowest BCUT2D eigenvalue weighted by molar-refractivity contribution is -0.193. The Morgan fingerprint density at radius 2 is 1.83 bits per heavy atom. The molecule has 1 aromatic rings. The van der Waals surface area contributed by atoms with Gasteiger partial charge in [-0.05, 0) is 54.6 Å². The van der Waals surface area contributed by atoms with E-state index in [0.29, 0.717) is 12.3 Å². The molecular weight excluding hydrogens is 380 g/mol. The SMILES string of the molecule is COC(=O)C1C(O)CCC2(C)CCC(C(C)C)C(OC(=O)C=Cc3ccccc3)C12. The molecule has 0 radical (unpaired) electrons. The number of carbonyl (C=O) groups excluding carboxylic acids is 2.